The van der Waals surface area contributed by atoms with Gasteiger partial charge in [-0.05, 0) is 0 Å². The summed E-state index contributed by atoms with van der Waals surface area (Å²) in [5, 5.41) is 7.42. The summed E-state index contributed by atoms with van der Waals surface area (Å²) in [6.45, 7) is 1.08. The molecular weight excluding hydrogens is 192 g/mol. The summed E-state index contributed by atoms with van der Waals surface area (Å²) >= 11 is 0. The molecule has 0 saturated heterocycles. The molecule has 0 aromatic rings. The van der Waals surface area contributed by atoms with Gasteiger partial charge in [0.1, 0.15) is 0 Å². The number of carbonyl (C=O) groups is 1. The zero-order valence-electron chi connectivity index (χ0n) is 8.06. The zero-order chi connectivity index (χ0) is 3.58. The van der Waals surface area contributed by atoms with Crippen LogP contribution in [0, 0.1) is 0 Å². The van der Waals surface area contributed by atoms with E-state index in [1.54, 1.807) is 0 Å². The van der Waals surface area contributed by atoms with Crippen LogP contribution in [-0.2, 0) is 4.79 Å². The maximum atomic E-state index is 9.00. The van der Waals surface area contributed by atoms with Crippen LogP contribution in [-0.4, -0.2) is 81.7 Å². The Balaban J connectivity index is -0.00000000125. The van der Waals surface area contributed by atoms with Gasteiger partial charge in [0.05, 0.1) is 0 Å². The van der Waals surface area contributed by atoms with Crippen LogP contribution in [0.2, 0.25) is 0 Å². The Morgan fingerprint density at radius 1 is 1.00 bits per heavy atom. The van der Waals surface area contributed by atoms with Crippen molar-refractivity contribution in [3.8, 4) is 0 Å². The first-order chi connectivity index (χ1) is 1.73. The fourth-order valence-corrected chi connectivity index (χ4v) is 0. The van der Waals surface area contributed by atoms with E-state index in [2.05, 4.69) is 0 Å². The molecule has 8 nitrogen and oxygen atoms in total. The van der Waals surface area contributed by atoms with Gasteiger partial charge in [0.25, 0.3) is 5.97 Å². The minimum Gasteiger partial charge on any atom is -1.00 e. The van der Waals surface area contributed by atoms with Crippen LogP contribution in [0.3, 0.4) is 0 Å². The van der Waals surface area contributed by atoms with Gasteiger partial charge < -0.3 is 40.8 Å². The third-order valence-corrected chi connectivity index (χ3v) is 0. The monoisotopic (exact) mass is 210 g/mol. The standard InChI is InChI=1S/C2H4O2.Ca.6H2O.2H/c1-2(3)4;;;;;;;;;/h1H3,(H,3,4);;6*1H2;;/q;+2;;;;;;;2*-1. The van der Waals surface area contributed by atoms with Crippen molar-refractivity contribution in [1.82, 2.24) is 0 Å². The van der Waals surface area contributed by atoms with Crippen LogP contribution in [0.25, 0.3) is 0 Å². The fraction of sp³-hybridized carbons (Fsp3) is 0.500. The minimum atomic E-state index is -0.833. The first-order valence-electron chi connectivity index (χ1n) is 0.928. The Labute approximate surface area is 96.0 Å². The number of hydrogen-bond acceptors (Lipinski definition) is 1. The molecule has 0 unspecified atom stereocenters. The van der Waals surface area contributed by atoms with Gasteiger partial charge >= 0.3 is 37.7 Å². The third-order valence-electron chi connectivity index (χ3n) is 0. The van der Waals surface area contributed by atoms with Crippen molar-refractivity contribution in [2.75, 3.05) is 0 Å². The van der Waals surface area contributed by atoms with Gasteiger partial charge in [-0.15, -0.1) is 0 Å². The maximum absolute atomic E-state index is 9.00. The van der Waals surface area contributed by atoms with Crippen molar-refractivity contribution in [2.24, 2.45) is 0 Å². The molecule has 0 aromatic carbocycles. The van der Waals surface area contributed by atoms with Gasteiger partial charge in [-0.25, -0.2) is 0 Å². The molecule has 13 N–H and O–H groups in total. The molecule has 0 radical (unpaired) electrons. The predicted molar refractivity (Wildman–Crippen MR) is 43.0 cm³/mol. The smallest absolute Gasteiger partial charge is 1.00 e. The van der Waals surface area contributed by atoms with Crippen LogP contribution in [0.1, 0.15) is 9.78 Å². The average molecular weight is 210 g/mol. The summed E-state index contributed by atoms with van der Waals surface area (Å²) in [6.07, 6.45) is 0. The van der Waals surface area contributed by atoms with Crippen LogP contribution in [0.15, 0.2) is 0 Å². The van der Waals surface area contributed by atoms with Crippen molar-refractivity contribution in [2.45, 2.75) is 6.92 Å². The molecule has 0 aromatic heterocycles. The maximum Gasteiger partial charge on any atom is 2.00 e. The molecule has 0 bridgehead atoms. The van der Waals surface area contributed by atoms with E-state index >= 15 is 0 Å². The second kappa shape index (κ2) is 77.6. The third kappa shape index (κ3) is 3150. The molecule has 0 spiro atoms. The van der Waals surface area contributed by atoms with Crippen molar-refractivity contribution >= 4 is 43.7 Å². The predicted octanol–water partition coefficient (Wildman–Crippen LogP) is -5.01. The summed E-state index contributed by atoms with van der Waals surface area (Å²) in [5.41, 5.74) is 0. The second-order valence-electron chi connectivity index (χ2n) is 0.519. The van der Waals surface area contributed by atoms with Crippen molar-refractivity contribution in [3.05, 3.63) is 0 Å². The molecule has 0 heterocycles. The van der Waals surface area contributed by atoms with Gasteiger partial charge in [-0.1, -0.05) is 0 Å². The van der Waals surface area contributed by atoms with Crippen molar-refractivity contribution < 1.29 is 45.6 Å². The Hall–Kier alpha value is 0.490. The SMILES string of the molecule is CC(=O)O.O.O.O.O.O.O.[Ca+2].[H-].[H-]. The molecule has 76 valence electrons. The Bertz CT molecular complexity index is 43.1. The van der Waals surface area contributed by atoms with E-state index < -0.39 is 5.97 Å². The van der Waals surface area contributed by atoms with Crippen molar-refractivity contribution in [3.63, 3.8) is 0 Å². The summed E-state index contributed by atoms with van der Waals surface area (Å²) in [6, 6.07) is 0. The van der Waals surface area contributed by atoms with Gasteiger partial charge in [0.15, 0.2) is 0 Å². The Morgan fingerprint density at radius 3 is 1.00 bits per heavy atom. The van der Waals surface area contributed by atoms with Gasteiger partial charge in [-0.3, -0.25) is 4.79 Å². The largest absolute Gasteiger partial charge is 2.00 e. The molecule has 0 atom stereocenters. The van der Waals surface area contributed by atoms with Crippen LogP contribution >= 0.6 is 0 Å². The molecule has 11 heavy (non-hydrogen) atoms. The van der Waals surface area contributed by atoms with E-state index in [9.17, 15) is 0 Å². The number of hydrogen-bond donors (Lipinski definition) is 1. The number of rotatable bonds is 0. The number of carboxylic acid groups (broad SMARTS) is 1. The summed E-state index contributed by atoms with van der Waals surface area (Å²) in [4.78, 5) is 9.00. The first kappa shape index (κ1) is 104. The molecular formula is C2H18CaO8. The first-order valence-corrected chi connectivity index (χ1v) is 0.928. The van der Waals surface area contributed by atoms with E-state index in [0.717, 1.165) is 6.92 Å². The molecule has 9 heteroatoms. The minimum absolute atomic E-state index is 0. The van der Waals surface area contributed by atoms with E-state index in [0.29, 0.717) is 0 Å². The molecule has 0 fully saturated rings. The second-order valence-corrected chi connectivity index (χ2v) is 0.519. The summed E-state index contributed by atoms with van der Waals surface area (Å²) in [7, 11) is 0. The van der Waals surface area contributed by atoms with Crippen LogP contribution in [0.5, 0.6) is 0 Å². The van der Waals surface area contributed by atoms with E-state index in [1.807, 2.05) is 0 Å². The quantitative estimate of drug-likeness (QED) is 0.387. The summed E-state index contributed by atoms with van der Waals surface area (Å²) < 4.78 is 0. The molecule has 0 aliphatic heterocycles. The molecule has 0 rings (SSSR count). The van der Waals surface area contributed by atoms with Gasteiger partial charge in [0.2, 0.25) is 0 Å². The van der Waals surface area contributed by atoms with Crippen LogP contribution in [0.4, 0.5) is 0 Å². The number of carboxylic acids is 1. The van der Waals surface area contributed by atoms with Gasteiger partial charge in [0, 0.05) is 6.92 Å². The average Bonchev–Trinajstić information content (AvgIpc) is 0.811. The zero-order valence-corrected chi connectivity index (χ0v) is 8.27. The normalized spacial score (nSPS) is 2.27. The van der Waals surface area contributed by atoms with Gasteiger partial charge in [-0.2, -0.15) is 0 Å². The topological polar surface area (TPSA) is 226 Å². The fourth-order valence-electron chi connectivity index (χ4n) is 0. The Morgan fingerprint density at radius 2 is 1.00 bits per heavy atom. The van der Waals surface area contributed by atoms with E-state index in [1.165, 1.54) is 0 Å². The number of aliphatic carboxylic acids is 1. The van der Waals surface area contributed by atoms with Crippen LogP contribution < -0.4 is 0 Å². The summed E-state index contributed by atoms with van der Waals surface area (Å²) in [5.74, 6) is -0.833. The molecule has 0 amide bonds. The van der Waals surface area contributed by atoms with E-state index in [4.69, 9.17) is 9.90 Å². The Kier molecular flexibility index (Phi) is 732. The van der Waals surface area contributed by atoms with Crippen molar-refractivity contribution in [1.29, 1.82) is 0 Å². The van der Waals surface area contributed by atoms with E-state index in [-0.39, 0.29) is 73.4 Å². The molecule has 0 aliphatic rings. The molecule has 0 aliphatic carbocycles. The molecule has 0 saturated carbocycles.